The van der Waals surface area contributed by atoms with Crippen molar-refractivity contribution in [1.29, 1.82) is 0 Å². The molecule has 112 valence electrons. The fourth-order valence-corrected chi connectivity index (χ4v) is 2.89. The van der Waals surface area contributed by atoms with E-state index in [1.807, 2.05) is 30.3 Å². The molecule has 0 fully saturated rings. The Balaban J connectivity index is 2.20. The Labute approximate surface area is 128 Å². The lowest BCUT2D eigenvalue weighted by Gasteiger charge is -2.05. The van der Waals surface area contributed by atoms with E-state index in [9.17, 15) is 8.42 Å². The van der Waals surface area contributed by atoms with E-state index in [2.05, 4.69) is 5.16 Å². The Morgan fingerprint density at radius 3 is 2.36 bits per heavy atom. The van der Waals surface area contributed by atoms with Gasteiger partial charge in [-0.15, -0.1) is 0 Å². The van der Waals surface area contributed by atoms with Gasteiger partial charge in [-0.25, -0.2) is 13.6 Å². The molecule has 2 aromatic carbocycles. The van der Waals surface area contributed by atoms with Crippen LogP contribution in [0.1, 0.15) is 5.76 Å². The molecule has 5 nitrogen and oxygen atoms in total. The Morgan fingerprint density at radius 1 is 1.00 bits per heavy atom. The monoisotopic (exact) mass is 314 g/mol. The van der Waals surface area contributed by atoms with Crippen molar-refractivity contribution in [3.05, 3.63) is 60.4 Å². The second kappa shape index (κ2) is 5.40. The number of benzene rings is 2. The van der Waals surface area contributed by atoms with Gasteiger partial charge >= 0.3 is 0 Å². The average molecular weight is 314 g/mol. The highest BCUT2D eigenvalue weighted by Gasteiger charge is 2.18. The third-order valence-corrected chi connectivity index (χ3v) is 4.27. The van der Waals surface area contributed by atoms with Crippen molar-refractivity contribution in [2.45, 2.75) is 11.8 Å². The third-order valence-electron chi connectivity index (χ3n) is 3.36. The molecule has 0 aliphatic rings. The van der Waals surface area contributed by atoms with Gasteiger partial charge in [-0.2, -0.15) is 0 Å². The van der Waals surface area contributed by atoms with Gasteiger partial charge in [-0.1, -0.05) is 47.6 Å². The van der Waals surface area contributed by atoms with E-state index in [-0.39, 0.29) is 4.90 Å². The van der Waals surface area contributed by atoms with Gasteiger partial charge in [0.15, 0.2) is 0 Å². The van der Waals surface area contributed by atoms with E-state index >= 15 is 0 Å². The maximum absolute atomic E-state index is 11.5. The summed E-state index contributed by atoms with van der Waals surface area (Å²) in [6.45, 7) is 1.79. The molecule has 0 amide bonds. The first-order valence-electron chi connectivity index (χ1n) is 6.62. The molecule has 0 spiro atoms. The van der Waals surface area contributed by atoms with Crippen LogP contribution >= 0.6 is 0 Å². The van der Waals surface area contributed by atoms with Crippen molar-refractivity contribution in [2.24, 2.45) is 5.14 Å². The lowest BCUT2D eigenvalue weighted by atomic mass is 10.00. The van der Waals surface area contributed by atoms with Crippen molar-refractivity contribution in [1.82, 2.24) is 5.16 Å². The molecule has 0 aliphatic carbocycles. The van der Waals surface area contributed by atoms with Crippen LogP contribution in [-0.4, -0.2) is 13.6 Å². The van der Waals surface area contributed by atoms with Crippen molar-refractivity contribution >= 4 is 10.0 Å². The lowest BCUT2D eigenvalue weighted by molar-refractivity contribution is 0.400. The quantitative estimate of drug-likeness (QED) is 0.805. The Kier molecular flexibility index (Phi) is 3.56. The fourth-order valence-electron chi connectivity index (χ4n) is 2.33. The van der Waals surface area contributed by atoms with Crippen LogP contribution in [0.5, 0.6) is 0 Å². The van der Waals surface area contributed by atoms with Crippen LogP contribution in [-0.2, 0) is 10.0 Å². The van der Waals surface area contributed by atoms with Crippen molar-refractivity contribution in [3.8, 4) is 22.4 Å². The summed E-state index contributed by atoms with van der Waals surface area (Å²) in [5.74, 6) is 0.616. The molecule has 6 heteroatoms. The summed E-state index contributed by atoms with van der Waals surface area (Å²) in [6.07, 6.45) is 0. The largest absolute Gasteiger partial charge is 0.360 e. The molecule has 0 bridgehead atoms. The van der Waals surface area contributed by atoms with Crippen LogP contribution in [0.15, 0.2) is 64.0 Å². The minimum absolute atomic E-state index is 0.0598. The highest BCUT2D eigenvalue weighted by molar-refractivity contribution is 7.89. The molecule has 1 aromatic heterocycles. The summed E-state index contributed by atoms with van der Waals surface area (Å²) < 4.78 is 28.4. The van der Waals surface area contributed by atoms with Gasteiger partial charge in [0, 0.05) is 5.56 Å². The Morgan fingerprint density at radius 2 is 1.68 bits per heavy atom. The summed E-state index contributed by atoms with van der Waals surface area (Å²) in [7, 11) is -3.76. The van der Waals surface area contributed by atoms with Crippen LogP contribution in [0, 0.1) is 6.92 Å². The highest BCUT2D eigenvalue weighted by atomic mass is 32.2. The summed E-state index contributed by atoms with van der Waals surface area (Å²) in [5, 5.41) is 9.30. The van der Waals surface area contributed by atoms with Gasteiger partial charge in [-0.05, 0) is 24.6 Å². The van der Waals surface area contributed by atoms with E-state index in [0.29, 0.717) is 17.0 Å². The smallest absolute Gasteiger partial charge is 0.238 e. The molecule has 0 saturated carbocycles. The predicted octanol–water partition coefficient (Wildman–Crippen LogP) is 2.96. The number of hydrogen-bond donors (Lipinski definition) is 1. The molecule has 0 atom stereocenters. The molecule has 0 aliphatic heterocycles. The molecule has 22 heavy (non-hydrogen) atoms. The number of rotatable bonds is 3. The predicted molar refractivity (Wildman–Crippen MR) is 83.5 cm³/mol. The van der Waals surface area contributed by atoms with Gasteiger partial charge < -0.3 is 4.52 Å². The van der Waals surface area contributed by atoms with Crippen molar-refractivity contribution < 1.29 is 12.9 Å². The number of nitrogens with two attached hydrogens (primary N) is 1. The Hall–Kier alpha value is -2.44. The molecular formula is C16H14N2O3S. The number of primary sulfonamides is 1. The number of aryl methyl sites for hydroxylation is 1. The number of aromatic nitrogens is 1. The van der Waals surface area contributed by atoms with Crippen LogP contribution in [0.4, 0.5) is 0 Å². The van der Waals surface area contributed by atoms with E-state index in [1.165, 1.54) is 12.1 Å². The van der Waals surface area contributed by atoms with Gasteiger partial charge in [0.05, 0.1) is 10.5 Å². The van der Waals surface area contributed by atoms with Gasteiger partial charge in [0.1, 0.15) is 11.5 Å². The average Bonchev–Trinajstić information content (AvgIpc) is 2.89. The zero-order chi connectivity index (χ0) is 15.7. The highest BCUT2D eigenvalue weighted by Crippen LogP contribution is 2.34. The minimum Gasteiger partial charge on any atom is -0.360 e. The molecular weight excluding hydrogens is 300 g/mol. The number of hydrogen-bond acceptors (Lipinski definition) is 4. The second-order valence-electron chi connectivity index (χ2n) is 4.90. The van der Waals surface area contributed by atoms with Gasteiger partial charge in [0.2, 0.25) is 10.0 Å². The standard InChI is InChI=1S/C16H14N2O3S/c1-11-15(13-8-5-9-14(10-13)22(17,19)20)16(18-21-11)12-6-3-2-4-7-12/h2-10H,1H3,(H2,17,19,20). The minimum atomic E-state index is -3.76. The lowest BCUT2D eigenvalue weighted by Crippen LogP contribution is -2.11. The zero-order valence-electron chi connectivity index (χ0n) is 11.9. The maximum atomic E-state index is 11.5. The maximum Gasteiger partial charge on any atom is 0.238 e. The van der Waals surface area contributed by atoms with E-state index in [4.69, 9.17) is 9.66 Å². The summed E-state index contributed by atoms with van der Waals surface area (Å²) in [4.78, 5) is 0.0598. The van der Waals surface area contributed by atoms with E-state index < -0.39 is 10.0 Å². The third kappa shape index (κ3) is 2.66. The zero-order valence-corrected chi connectivity index (χ0v) is 12.7. The first-order chi connectivity index (χ1) is 10.5. The summed E-state index contributed by atoms with van der Waals surface area (Å²) >= 11 is 0. The van der Waals surface area contributed by atoms with Crippen LogP contribution < -0.4 is 5.14 Å². The van der Waals surface area contributed by atoms with Gasteiger partial charge in [0.25, 0.3) is 0 Å². The van der Waals surface area contributed by atoms with Crippen LogP contribution in [0.2, 0.25) is 0 Å². The fraction of sp³-hybridized carbons (Fsp3) is 0.0625. The van der Waals surface area contributed by atoms with E-state index in [0.717, 1.165) is 11.1 Å². The SMILES string of the molecule is Cc1onc(-c2ccccc2)c1-c1cccc(S(N)(=O)=O)c1. The van der Waals surface area contributed by atoms with Gasteiger partial charge in [-0.3, -0.25) is 0 Å². The Bertz CT molecular complexity index is 916. The molecule has 0 saturated heterocycles. The topological polar surface area (TPSA) is 86.2 Å². The van der Waals surface area contributed by atoms with E-state index in [1.54, 1.807) is 19.1 Å². The number of nitrogens with zero attached hydrogens (tertiary/aromatic N) is 1. The summed E-state index contributed by atoms with van der Waals surface area (Å²) in [5.41, 5.74) is 3.03. The molecule has 3 aromatic rings. The van der Waals surface area contributed by atoms with Crippen molar-refractivity contribution in [3.63, 3.8) is 0 Å². The molecule has 0 unspecified atom stereocenters. The molecule has 2 N–H and O–H groups in total. The van der Waals surface area contributed by atoms with Crippen molar-refractivity contribution in [2.75, 3.05) is 0 Å². The van der Waals surface area contributed by atoms with Crippen LogP contribution in [0.25, 0.3) is 22.4 Å². The normalized spacial score (nSPS) is 11.5. The first-order valence-corrected chi connectivity index (χ1v) is 8.16. The molecule has 0 radical (unpaired) electrons. The number of sulfonamides is 1. The summed E-state index contributed by atoms with van der Waals surface area (Å²) in [6, 6.07) is 16.0. The van der Waals surface area contributed by atoms with Crippen LogP contribution in [0.3, 0.4) is 0 Å². The molecule has 3 rings (SSSR count). The first kappa shape index (κ1) is 14.5. The second-order valence-corrected chi connectivity index (χ2v) is 6.46. The molecule has 1 heterocycles.